The standard InChI is InChI=1S/C31H42N2O7/c1-5-7-8-11-21-39-29(37)25-24-27(35)33(19-9-10-20-34)26(31(24)17-16-30(25,3)40-31)28(36)32(18-6-2)22-12-14-23(38-4)15-13-22/h5-6,12-15,24-26,34H,1-2,7-11,16-21H2,3-4H3/t24-,25-,26?,30+,31?/m0/s1. The van der Waals surface area contributed by atoms with Crippen LogP contribution in [-0.4, -0.2) is 78.4 Å². The Balaban J connectivity index is 1.68. The maximum absolute atomic E-state index is 14.5. The van der Waals surface area contributed by atoms with Gasteiger partial charge in [0.25, 0.3) is 5.91 Å². The van der Waals surface area contributed by atoms with E-state index in [-0.39, 0.29) is 38.1 Å². The number of aliphatic hydroxyl groups is 1. The van der Waals surface area contributed by atoms with Gasteiger partial charge >= 0.3 is 5.97 Å². The predicted molar refractivity (Wildman–Crippen MR) is 151 cm³/mol. The molecule has 0 saturated carbocycles. The van der Waals surface area contributed by atoms with E-state index in [4.69, 9.17) is 14.2 Å². The lowest BCUT2D eigenvalue weighted by atomic mass is 9.66. The minimum atomic E-state index is -1.14. The second-order valence-corrected chi connectivity index (χ2v) is 11.1. The highest BCUT2D eigenvalue weighted by molar-refractivity contribution is 6.04. The number of allylic oxidation sites excluding steroid dienone is 1. The van der Waals surface area contributed by atoms with Crippen LogP contribution in [0.1, 0.15) is 51.9 Å². The van der Waals surface area contributed by atoms with E-state index in [0.717, 1.165) is 12.8 Å². The van der Waals surface area contributed by atoms with E-state index < -0.39 is 35.0 Å². The molecule has 9 heteroatoms. The van der Waals surface area contributed by atoms with Gasteiger partial charge in [0.05, 0.1) is 25.2 Å². The molecule has 0 aromatic heterocycles. The summed E-state index contributed by atoms with van der Waals surface area (Å²) in [5, 5.41) is 9.39. The van der Waals surface area contributed by atoms with Gasteiger partial charge in [0.1, 0.15) is 23.3 Å². The molecule has 40 heavy (non-hydrogen) atoms. The molecule has 9 nitrogen and oxygen atoms in total. The minimum absolute atomic E-state index is 0.0149. The van der Waals surface area contributed by atoms with Crippen molar-refractivity contribution >= 4 is 23.5 Å². The van der Waals surface area contributed by atoms with Gasteiger partial charge in [-0.15, -0.1) is 13.2 Å². The number of benzene rings is 1. The third-order valence-corrected chi connectivity index (χ3v) is 8.58. The lowest BCUT2D eigenvalue weighted by Crippen LogP contribution is -2.56. The Morgan fingerprint density at radius 1 is 1.15 bits per heavy atom. The van der Waals surface area contributed by atoms with E-state index in [1.165, 1.54) is 0 Å². The summed E-state index contributed by atoms with van der Waals surface area (Å²) in [7, 11) is 1.58. The molecule has 3 heterocycles. The Labute approximate surface area is 236 Å². The molecule has 3 fully saturated rings. The summed E-state index contributed by atoms with van der Waals surface area (Å²) in [5.41, 5.74) is -1.39. The number of methoxy groups -OCH3 is 1. The predicted octanol–water partition coefficient (Wildman–Crippen LogP) is 3.65. The zero-order valence-electron chi connectivity index (χ0n) is 23.7. The Bertz CT molecular complexity index is 1110. The molecule has 2 unspecified atom stereocenters. The summed E-state index contributed by atoms with van der Waals surface area (Å²) in [4.78, 5) is 45.2. The molecule has 1 aromatic carbocycles. The number of nitrogens with zero attached hydrogens (tertiary/aromatic N) is 2. The highest BCUT2D eigenvalue weighted by Gasteiger charge is 2.78. The quantitative estimate of drug-likeness (QED) is 0.200. The molecule has 2 bridgehead atoms. The number of likely N-dealkylation sites (tertiary alicyclic amines) is 1. The molecule has 0 aliphatic carbocycles. The highest BCUT2D eigenvalue weighted by atomic mass is 16.6. The summed E-state index contributed by atoms with van der Waals surface area (Å²) < 4.78 is 17.6. The molecule has 3 saturated heterocycles. The van der Waals surface area contributed by atoms with Crippen molar-refractivity contribution in [2.24, 2.45) is 11.8 Å². The van der Waals surface area contributed by atoms with Crippen LogP contribution in [0.25, 0.3) is 0 Å². The average molecular weight is 555 g/mol. The van der Waals surface area contributed by atoms with Gasteiger partial charge in [0.2, 0.25) is 5.91 Å². The first-order valence-corrected chi connectivity index (χ1v) is 14.2. The van der Waals surface area contributed by atoms with E-state index in [1.807, 2.05) is 13.0 Å². The Kier molecular flexibility index (Phi) is 9.36. The zero-order valence-corrected chi connectivity index (χ0v) is 23.7. The van der Waals surface area contributed by atoms with E-state index in [2.05, 4.69) is 13.2 Å². The number of rotatable bonds is 15. The minimum Gasteiger partial charge on any atom is -0.497 e. The van der Waals surface area contributed by atoms with Crippen LogP contribution in [0.3, 0.4) is 0 Å². The van der Waals surface area contributed by atoms with Crippen molar-refractivity contribution in [1.82, 2.24) is 4.90 Å². The number of amides is 2. The topological polar surface area (TPSA) is 106 Å². The van der Waals surface area contributed by atoms with E-state index in [1.54, 1.807) is 47.3 Å². The number of carbonyl (C=O) groups is 3. The lowest BCUT2D eigenvalue weighted by Gasteiger charge is -2.36. The second-order valence-electron chi connectivity index (χ2n) is 11.1. The molecule has 0 radical (unpaired) electrons. The number of hydrogen-bond acceptors (Lipinski definition) is 7. The SMILES string of the molecule is C=CCCCCOC(=O)[C@@H]1[C@H]2C(=O)N(CCCCO)C(C(=O)N(CC=C)c3ccc(OC)cc3)C23CC[C@@]1(C)O3. The fourth-order valence-electron chi connectivity index (χ4n) is 6.71. The summed E-state index contributed by atoms with van der Waals surface area (Å²) in [6.45, 7) is 10.2. The van der Waals surface area contributed by atoms with Gasteiger partial charge in [-0.3, -0.25) is 14.4 Å². The first-order valence-electron chi connectivity index (χ1n) is 14.2. The largest absolute Gasteiger partial charge is 0.497 e. The van der Waals surface area contributed by atoms with Crippen LogP contribution < -0.4 is 9.64 Å². The first kappa shape index (κ1) is 29.8. The maximum atomic E-state index is 14.5. The fourth-order valence-corrected chi connectivity index (χ4v) is 6.71. The van der Waals surface area contributed by atoms with Crippen molar-refractivity contribution < 1.29 is 33.7 Å². The fraction of sp³-hybridized carbons (Fsp3) is 0.581. The number of anilines is 1. The normalized spacial score (nSPS) is 28.3. The molecule has 1 spiro atoms. The number of hydrogen-bond donors (Lipinski definition) is 1. The first-order chi connectivity index (χ1) is 19.3. The summed E-state index contributed by atoms with van der Waals surface area (Å²) in [5.74, 6) is -1.93. The Morgan fingerprint density at radius 3 is 2.55 bits per heavy atom. The number of fused-ring (bicyclic) bond motifs is 1. The summed E-state index contributed by atoms with van der Waals surface area (Å²) in [6.07, 6.45) is 7.93. The van der Waals surface area contributed by atoms with E-state index >= 15 is 0 Å². The zero-order chi connectivity index (χ0) is 28.9. The third-order valence-electron chi connectivity index (χ3n) is 8.58. The van der Waals surface area contributed by atoms with Crippen LogP contribution in [0.15, 0.2) is 49.6 Å². The van der Waals surface area contributed by atoms with Gasteiger partial charge < -0.3 is 29.1 Å². The van der Waals surface area contributed by atoms with Gasteiger partial charge in [0.15, 0.2) is 0 Å². The molecular formula is C31H42N2O7. The van der Waals surface area contributed by atoms with E-state index in [9.17, 15) is 19.5 Å². The summed E-state index contributed by atoms with van der Waals surface area (Å²) in [6, 6.07) is 6.22. The van der Waals surface area contributed by atoms with Crippen molar-refractivity contribution in [2.75, 3.05) is 38.3 Å². The second kappa shape index (κ2) is 12.6. The van der Waals surface area contributed by atoms with Crippen molar-refractivity contribution in [2.45, 2.75) is 69.1 Å². The van der Waals surface area contributed by atoms with Crippen LogP contribution in [0.5, 0.6) is 5.75 Å². The van der Waals surface area contributed by atoms with Crippen LogP contribution in [0, 0.1) is 11.8 Å². The molecule has 3 aliphatic rings. The molecule has 5 atom stereocenters. The Morgan fingerprint density at radius 2 is 1.90 bits per heavy atom. The lowest BCUT2D eigenvalue weighted by molar-refractivity contribution is -0.159. The van der Waals surface area contributed by atoms with Crippen LogP contribution >= 0.6 is 0 Å². The highest BCUT2D eigenvalue weighted by Crippen LogP contribution is 2.63. The van der Waals surface area contributed by atoms with Crippen LogP contribution in [0.4, 0.5) is 5.69 Å². The molecule has 1 N–H and O–H groups in total. The van der Waals surface area contributed by atoms with Crippen molar-refractivity contribution in [1.29, 1.82) is 0 Å². The van der Waals surface area contributed by atoms with Crippen molar-refractivity contribution in [3.8, 4) is 5.75 Å². The van der Waals surface area contributed by atoms with Gasteiger partial charge in [-0.1, -0.05) is 12.2 Å². The van der Waals surface area contributed by atoms with Crippen molar-refractivity contribution in [3.05, 3.63) is 49.6 Å². The van der Waals surface area contributed by atoms with Gasteiger partial charge in [0, 0.05) is 25.4 Å². The smallest absolute Gasteiger partial charge is 0.312 e. The summed E-state index contributed by atoms with van der Waals surface area (Å²) >= 11 is 0. The molecule has 4 rings (SSSR count). The van der Waals surface area contributed by atoms with Gasteiger partial charge in [-0.25, -0.2) is 0 Å². The molecule has 1 aromatic rings. The molecule has 3 aliphatic heterocycles. The monoisotopic (exact) mass is 554 g/mol. The number of carbonyl (C=O) groups excluding carboxylic acids is 3. The number of esters is 1. The van der Waals surface area contributed by atoms with Gasteiger partial charge in [-0.2, -0.15) is 0 Å². The van der Waals surface area contributed by atoms with Crippen LogP contribution in [0.2, 0.25) is 0 Å². The number of aliphatic hydroxyl groups excluding tert-OH is 1. The average Bonchev–Trinajstić information content (AvgIpc) is 3.52. The molecule has 218 valence electrons. The van der Waals surface area contributed by atoms with E-state index in [0.29, 0.717) is 43.5 Å². The Hall–Kier alpha value is -3.17. The maximum Gasteiger partial charge on any atom is 0.312 e. The third kappa shape index (κ3) is 5.29. The van der Waals surface area contributed by atoms with Crippen molar-refractivity contribution in [3.63, 3.8) is 0 Å². The van der Waals surface area contributed by atoms with Gasteiger partial charge in [-0.05, 0) is 76.1 Å². The molecule has 2 amide bonds. The number of unbranched alkanes of at least 4 members (excludes halogenated alkanes) is 3. The number of ether oxygens (including phenoxy) is 3. The van der Waals surface area contributed by atoms with Crippen LogP contribution in [-0.2, 0) is 23.9 Å². The molecular weight excluding hydrogens is 512 g/mol.